The van der Waals surface area contributed by atoms with E-state index in [-0.39, 0.29) is 0 Å². The van der Waals surface area contributed by atoms with Gasteiger partial charge in [0.05, 0.1) is 6.61 Å². The summed E-state index contributed by atoms with van der Waals surface area (Å²) >= 11 is 0. The van der Waals surface area contributed by atoms with Gasteiger partial charge in [-0.15, -0.1) is 0 Å². The third-order valence-electron chi connectivity index (χ3n) is 5.15. The highest BCUT2D eigenvalue weighted by molar-refractivity contribution is 4.92. The van der Waals surface area contributed by atoms with E-state index in [4.69, 9.17) is 4.74 Å². The summed E-state index contributed by atoms with van der Waals surface area (Å²) < 4.78 is 5.27. The van der Waals surface area contributed by atoms with Crippen LogP contribution < -0.4 is 5.32 Å². The number of nitrogens with zero attached hydrogens (tertiary/aromatic N) is 1. The van der Waals surface area contributed by atoms with Crippen molar-refractivity contribution in [1.82, 2.24) is 10.2 Å². The van der Waals surface area contributed by atoms with E-state index in [0.717, 1.165) is 31.7 Å². The zero-order valence-corrected chi connectivity index (χ0v) is 13.8. The second-order valence-corrected chi connectivity index (χ2v) is 7.22. The Morgan fingerprint density at radius 2 is 2.10 bits per heavy atom. The van der Waals surface area contributed by atoms with Gasteiger partial charge in [-0.1, -0.05) is 26.7 Å². The molecule has 0 aromatic carbocycles. The average molecular weight is 282 g/mol. The van der Waals surface area contributed by atoms with Crippen LogP contribution in [0.4, 0.5) is 0 Å². The molecule has 0 amide bonds. The third kappa shape index (κ3) is 5.01. The van der Waals surface area contributed by atoms with Gasteiger partial charge < -0.3 is 15.0 Å². The fraction of sp³-hybridized carbons (Fsp3) is 1.00. The van der Waals surface area contributed by atoms with Gasteiger partial charge in [-0.25, -0.2) is 0 Å². The van der Waals surface area contributed by atoms with Gasteiger partial charge in [-0.2, -0.15) is 0 Å². The minimum atomic E-state index is 0.504. The van der Waals surface area contributed by atoms with Crippen LogP contribution in [-0.4, -0.2) is 50.8 Å². The van der Waals surface area contributed by atoms with Gasteiger partial charge in [0.25, 0.3) is 0 Å². The molecular weight excluding hydrogens is 248 g/mol. The lowest BCUT2D eigenvalue weighted by Gasteiger charge is -2.43. The second-order valence-electron chi connectivity index (χ2n) is 7.22. The quantitative estimate of drug-likeness (QED) is 0.704. The molecule has 3 nitrogen and oxygen atoms in total. The van der Waals surface area contributed by atoms with Crippen molar-refractivity contribution in [2.75, 3.05) is 39.9 Å². The van der Waals surface area contributed by atoms with Gasteiger partial charge in [-0.05, 0) is 43.6 Å². The normalized spacial score (nSPS) is 30.9. The van der Waals surface area contributed by atoms with Crippen LogP contribution in [0, 0.1) is 11.3 Å². The van der Waals surface area contributed by atoms with Crippen molar-refractivity contribution in [3.63, 3.8) is 0 Å². The van der Waals surface area contributed by atoms with Crippen molar-refractivity contribution in [3.8, 4) is 0 Å². The van der Waals surface area contributed by atoms with Crippen LogP contribution in [0.15, 0.2) is 0 Å². The molecule has 3 heteroatoms. The Balaban J connectivity index is 1.92. The Morgan fingerprint density at radius 1 is 1.30 bits per heavy atom. The van der Waals surface area contributed by atoms with E-state index >= 15 is 0 Å². The number of rotatable bonds is 9. The first-order valence-electron chi connectivity index (χ1n) is 8.62. The molecule has 0 spiro atoms. The van der Waals surface area contributed by atoms with Crippen LogP contribution in [0.25, 0.3) is 0 Å². The van der Waals surface area contributed by atoms with E-state index in [2.05, 4.69) is 24.1 Å². The summed E-state index contributed by atoms with van der Waals surface area (Å²) in [6.07, 6.45) is 8.43. The highest BCUT2D eigenvalue weighted by Crippen LogP contribution is 2.40. The van der Waals surface area contributed by atoms with Gasteiger partial charge in [0.1, 0.15) is 0 Å². The molecule has 2 aliphatic rings. The maximum Gasteiger partial charge on any atom is 0.0589 e. The van der Waals surface area contributed by atoms with Crippen molar-refractivity contribution in [1.29, 1.82) is 0 Å². The molecular formula is C17H34N2O. The molecule has 2 rings (SSSR count). The highest BCUT2D eigenvalue weighted by atomic mass is 16.5. The van der Waals surface area contributed by atoms with Crippen molar-refractivity contribution in [3.05, 3.63) is 0 Å². The molecule has 2 fully saturated rings. The topological polar surface area (TPSA) is 24.5 Å². The second kappa shape index (κ2) is 7.77. The smallest absolute Gasteiger partial charge is 0.0589 e. The highest BCUT2D eigenvalue weighted by Gasteiger charge is 2.37. The van der Waals surface area contributed by atoms with E-state index < -0.39 is 0 Å². The van der Waals surface area contributed by atoms with E-state index in [1.807, 2.05) is 0 Å². The third-order valence-corrected chi connectivity index (χ3v) is 5.15. The van der Waals surface area contributed by atoms with Crippen molar-refractivity contribution in [2.24, 2.45) is 11.3 Å². The van der Waals surface area contributed by atoms with Gasteiger partial charge in [0, 0.05) is 32.8 Å². The first-order valence-corrected chi connectivity index (χ1v) is 8.62. The minimum Gasteiger partial charge on any atom is -0.383 e. The molecule has 0 aromatic heterocycles. The van der Waals surface area contributed by atoms with E-state index in [1.54, 1.807) is 7.11 Å². The summed E-state index contributed by atoms with van der Waals surface area (Å²) in [4.78, 5) is 2.59. The molecule has 2 atom stereocenters. The molecule has 0 heterocycles. The van der Waals surface area contributed by atoms with Gasteiger partial charge in [0.2, 0.25) is 0 Å². The number of nitrogens with one attached hydrogen (secondary N) is 1. The van der Waals surface area contributed by atoms with Gasteiger partial charge >= 0.3 is 0 Å². The summed E-state index contributed by atoms with van der Waals surface area (Å²) in [5.41, 5.74) is 0.504. The molecule has 0 aliphatic heterocycles. The van der Waals surface area contributed by atoms with E-state index in [0.29, 0.717) is 5.41 Å². The first-order chi connectivity index (χ1) is 9.67. The molecule has 2 unspecified atom stereocenters. The molecule has 2 saturated carbocycles. The van der Waals surface area contributed by atoms with Crippen molar-refractivity contribution in [2.45, 2.75) is 58.4 Å². The lowest BCUT2D eigenvalue weighted by molar-refractivity contribution is 0.0658. The summed E-state index contributed by atoms with van der Waals surface area (Å²) in [6, 6.07) is 0.832. The van der Waals surface area contributed by atoms with Crippen LogP contribution in [-0.2, 0) is 4.74 Å². The van der Waals surface area contributed by atoms with E-state index in [9.17, 15) is 0 Å². The average Bonchev–Trinajstić information content (AvgIpc) is 3.26. The van der Waals surface area contributed by atoms with Crippen molar-refractivity contribution < 1.29 is 4.74 Å². The zero-order chi connectivity index (χ0) is 14.4. The van der Waals surface area contributed by atoms with Crippen molar-refractivity contribution >= 4 is 0 Å². The molecule has 118 valence electrons. The Kier molecular flexibility index (Phi) is 6.31. The molecule has 0 aromatic rings. The van der Waals surface area contributed by atoms with Crippen LogP contribution in [0.1, 0.15) is 52.4 Å². The van der Waals surface area contributed by atoms with Gasteiger partial charge in [-0.3, -0.25) is 0 Å². The predicted molar refractivity (Wildman–Crippen MR) is 85.1 cm³/mol. The molecule has 0 saturated heterocycles. The minimum absolute atomic E-state index is 0.504. The lowest BCUT2D eigenvalue weighted by atomic mass is 9.69. The monoisotopic (exact) mass is 282 g/mol. The summed E-state index contributed by atoms with van der Waals surface area (Å²) in [5.74, 6) is 0.894. The molecule has 20 heavy (non-hydrogen) atoms. The zero-order valence-electron chi connectivity index (χ0n) is 13.8. The number of likely N-dealkylation sites (N-methyl/N-ethyl adjacent to an activating group) is 1. The van der Waals surface area contributed by atoms with Crippen LogP contribution in [0.2, 0.25) is 0 Å². The lowest BCUT2D eigenvalue weighted by Crippen LogP contribution is -2.47. The number of hydrogen-bond donors (Lipinski definition) is 1. The fourth-order valence-corrected chi connectivity index (χ4v) is 3.82. The van der Waals surface area contributed by atoms with Gasteiger partial charge in [0.15, 0.2) is 0 Å². The predicted octanol–water partition coefficient (Wildman–Crippen LogP) is 2.90. The number of hydrogen-bond acceptors (Lipinski definition) is 3. The van der Waals surface area contributed by atoms with Crippen LogP contribution in [0.5, 0.6) is 0 Å². The molecule has 1 N–H and O–H groups in total. The first kappa shape index (κ1) is 16.3. The maximum absolute atomic E-state index is 5.27. The van der Waals surface area contributed by atoms with E-state index in [1.165, 1.54) is 51.6 Å². The Hall–Kier alpha value is -0.120. The standard InChI is InChI=1S/C17H34N2O/c1-4-19(10-11-20-3)14-17(13-18-16-7-8-16)9-5-6-15(2)12-17/h15-16,18H,4-14H2,1-3H3. The fourth-order valence-electron chi connectivity index (χ4n) is 3.82. The molecule has 0 radical (unpaired) electrons. The van der Waals surface area contributed by atoms with Crippen LogP contribution >= 0.6 is 0 Å². The summed E-state index contributed by atoms with van der Waals surface area (Å²) in [6.45, 7) is 10.3. The van der Waals surface area contributed by atoms with Crippen LogP contribution in [0.3, 0.4) is 0 Å². The SMILES string of the molecule is CCN(CCOC)CC1(CNC2CC2)CCCC(C)C1. The maximum atomic E-state index is 5.27. The number of ether oxygens (including phenoxy) is 1. The Bertz CT molecular complexity index is 280. The summed E-state index contributed by atoms with van der Waals surface area (Å²) in [7, 11) is 1.81. The largest absolute Gasteiger partial charge is 0.383 e. The Labute approximate surface area is 125 Å². The molecule has 2 aliphatic carbocycles. The Morgan fingerprint density at radius 3 is 2.70 bits per heavy atom. The number of methoxy groups -OCH3 is 1. The molecule has 0 bridgehead atoms. The summed E-state index contributed by atoms with van der Waals surface area (Å²) in [5, 5.41) is 3.82.